The van der Waals surface area contributed by atoms with Crippen LogP contribution in [0.5, 0.6) is 0 Å². The van der Waals surface area contributed by atoms with E-state index in [-0.39, 0.29) is 22.7 Å². The number of carbonyl (C=O) groups excluding carboxylic acids is 1. The van der Waals surface area contributed by atoms with Crippen molar-refractivity contribution in [1.82, 2.24) is 19.1 Å². The molecule has 0 unspecified atom stereocenters. The fraction of sp³-hybridized carbons (Fsp3) is 0.350. The van der Waals surface area contributed by atoms with Gasteiger partial charge in [0.05, 0.1) is 21.5 Å². The first-order valence-electron chi connectivity index (χ1n) is 9.26. The van der Waals surface area contributed by atoms with Crippen molar-refractivity contribution in [2.75, 3.05) is 11.1 Å². The minimum Gasteiger partial charge on any atom is -0.323 e. The number of anilines is 1. The number of para-hydroxylation sites is 1. The maximum Gasteiger partial charge on any atom is 0.332 e. The first kappa shape index (κ1) is 23.3. The number of halogens is 2. The molecular formula is C20H21Cl2N5O3S. The summed E-state index contributed by atoms with van der Waals surface area (Å²) >= 11 is 13.3. The summed E-state index contributed by atoms with van der Waals surface area (Å²) in [4.78, 5) is 46.8. The van der Waals surface area contributed by atoms with Crippen LogP contribution < -0.4 is 16.6 Å². The normalized spacial score (nSPS) is 11.7. The fourth-order valence-corrected chi connectivity index (χ4v) is 4.10. The number of fused-ring (bicyclic) bond motifs is 1. The van der Waals surface area contributed by atoms with Gasteiger partial charge < -0.3 is 5.32 Å². The van der Waals surface area contributed by atoms with Crippen molar-refractivity contribution in [3.05, 3.63) is 54.9 Å². The highest BCUT2D eigenvalue weighted by molar-refractivity contribution is 8.00. The number of nitrogens with zero attached hydrogens (tertiary/aromatic N) is 4. The first-order chi connectivity index (χ1) is 14.4. The zero-order valence-corrected chi connectivity index (χ0v) is 19.9. The number of rotatable bonds is 4. The highest BCUT2D eigenvalue weighted by Gasteiger charge is 2.24. The molecule has 164 valence electrons. The van der Waals surface area contributed by atoms with Crippen LogP contribution in [0, 0.1) is 0 Å². The van der Waals surface area contributed by atoms with Crippen molar-refractivity contribution in [1.29, 1.82) is 0 Å². The lowest BCUT2D eigenvalue weighted by atomic mass is 9.96. The smallest absolute Gasteiger partial charge is 0.323 e. The lowest BCUT2D eigenvalue weighted by molar-refractivity contribution is -0.113. The van der Waals surface area contributed by atoms with Gasteiger partial charge in [0, 0.05) is 19.5 Å². The van der Waals surface area contributed by atoms with E-state index in [4.69, 9.17) is 23.2 Å². The second-order valence-electron chi connectivity index (χ2n) is 7.94. The Morgan fingerprint density at radius 1 is 1.10 bits per heavy atom. The number of aryl methyl sites for hydroxylation is 1. The van der Waals surface area contributed by atoms with E-state index in [9.17, 15) is 14.4 Å². The Bertz CT molecular complexity index is 1290. The molecular weight excluding hydrogens is 461 g/mol. The van der Waals surface area contributed by atoms with E-state index < -0.39 is 16.7 Å². The van der Waals surface area contributed by atoms with Gasteiger partial charge in [0.15, 0.2) is 5.65 Å². The number of aromatic nitrogens is 4. The summed E-state index contributed by atoms with van der Waals surface area (Å²) in [5, 5.41) is 3.83. The minimum atomic E-state index is -0.518. The number of thioether (sulfide) groups is 1. The summed E-state index contributed by atoms with van der Waals surface area (Å²) in [6.07, 6.45) is 0. The molecule has 0 spiro atoms. The molecule has 0 bridgehead atoms. The maximum atomic E-state index is 12.8. The van der Waals surface area contributed by atoms with Gasteiger partial charge in [-0.3, -0.25) is 18.7 Å². The van der Waals surface area contributed by atoms with Crippen molar-refractivity contribution < 1.29 is 4.79 Å². The third-order valence-corrected chi connectivity index (χ3v) is 6.11. The van der Waals surface area contributed by atoms with E-state index in [0.717, 1.165) is 16.3 Å². The van der Waals surface area contributed by atoms with Crippen LogP contribution in [-0.4, -0.2) is 30.8 Å². The van der Waals surface area contributed by atoms with Crippen LogP contribution in [0.2, 0.25) is 10.0 Å². The summed E-state index contributed by atoms with van der Waals surface area (Å²) in [6, 6.07) is 4.91. The van der Waals surface area contributed by atoms with Crippen molar-refractivity contribution in [2.24, 2.45) is 14.1 Å². The Kier molecular flexibility index (Phi) is 6.50. The van der Waals surface area contributed by atoms with Gasteiger partial charge in [-0.05, 0) is 12.1 Å². The SMILES string of the molecule is Cn1c(=O)c2c(SCC(=O)Nc3c(Cl)cccc3Cl)nc(C(C)(C)C)nc2n(C)c1=O. The molecule has 0 aliphatic carbocycles. The Hall–Kier alpha value is -2.36. The van der Waals surface area contributed by atoms with Crippen LogP contribution in [0.4, 0.5) is 5.69 Å². The molecule has 1 aromatic carbocycles. The molecule has 0 atom stereocenters. The Morgan fingerprint density at radius 2 is 1.71 bits per heavy atom. The van der Waals surface area contributed by atoms with Crippen LogP contribution in [0.15, 0.2) is 32.8 Å². The van der Waals surface area contributed by atoms with E-state index in [0.29, 0.717) is 26.6 Å². The Balaban J connectivity index is 2.04. The molecule has 3 aromatic rings. The van der Waals surface area contributed by atoms with Gasteiger partial charge >= 0.3 is 5.69 Å². The molecule has 8 nitrogen and oxygen atoms in total. The van der Waals surface area contributed by atoms with Gasteiger partial charge in [-0.15, -0.1) is 0 Å². The number of amides is 1. The van der Waals surface area contributed by atoms with Gasteiger partial charge in [-0.25, -0.2) is 14.8 Å². The van der Waals surface area contributed by atoms with Crippen LogP contribution in [0.25, 0.3) is 11.0 Å². The molecule has 0 aliphatic rings. The lowest BCUT2D eigenvalue weighted by Gasteiger charge is -2.19. The fourth-order valence-electron chi connectivity index (χ4n) is 2.80. The molecule has 0 fully saturated rings. The lowest BCUT2D eigenvalue weighted by Crippen LogP contribution is -2.38. The van der Waals surface area contributed by atoms with Crippen LogP contribution >= 0.6 is 35.0 Å². The Labute approximate surface area is 192 Å². The summed E-state index contributed by atoms with van der Waals surface area (Å²) in [7, 11) is 2.94. The number of hydrogen-bond acceptors (Lipinski definition) is 6. The first-order valence-corrected chi connectivity index (χ1v) is 11.0. The third-order valence-electron chi connectivity index (χ3n) is 4.50. The zero-order valence-electron chi connectivity index (χ0n) is 17.6. The maximum absolute atomic E-state index is 12.8. The topological polar surface area (TPSA) is 98.9 Å². The molecule has 0 saturated heterocycles. The highest BCUT2D eigenvalue weighted by atomic mass is 35.5. The van der Waals surface area contributed by atoms with Gasteiger partial charge in [-0.1, -0.05) is 61.8 Å². The summed E-state index contributed by atoms with van der Waals surface area (Å²) in [5.41, 5.74) is -0.898. The highest BCUT2D eigenvalue weighted by Crippen LogP contribution is 2.31. The second-order valence-corrected chi connectivity index (χ2v) is 9.72. The van der Waals surface area contributed by atoms with E-state index >= 15 is 0 Å². The van der Waals surface area contributed by atoms with Gasteiger partial charge in [0.2, 0.25) is 5.91 Å². The van der Waals surface area contributed by atoms with Gasteiger partial charge in [0.25, 0.3) is 5.56 Å². The van der Waals surface area contributed by atoms with Crippen LogP contribution in [0.1, 0.15) is 26.6 Å². The van der Waals surface area contributed by atoms with Crippen molar-refractivity contribution in [3.8, 4) is 0 Å². The van der Waals surface area contributed by atoms with Crippen molar-refractivity contribution in [2.45, 2.75) is 31.2 Å². The molecule has 2 heterocycles. The van der Waals surface area contributed by atoms with E-state index in [1.54, 1.807) is 25.2 Å². The zero-order chi connectivity index (χ0) is 23.1. The molecule has 1 amide bonds. The molecule has 1 N–H and O–H groups in total. The van der Waals surface area contributed by atoms with Gasteiger partial charge in [-0.2, -0.15) is 0 Å². The van der Waals surface area contributed by atoms with Crippen molar-refractivity contribution >= 4 is 57.6 Å². The van der Waals surface area contributed by atoms with Crippen LogP contribution in [-0.2, 0) is 24.3 Å². The molecule has 2 aromatic heterocycles. The predicted molar refractivity (Wildman–Crippen MR) is 125 cm³/mol. The molecule has 3 rings (SSSR count). The van der Waals surface area contributed by atoms with E-state index in [1.165, 1.54) is 11.6 Å². The molecule has 31 heavy (non-hydrogen) atoms. The van der Waals surface area contributed by atoms with Crippen LogP contribution in [0.3, 0.4) is 0 Å². The third kappa shape index (κ3) is 4.63. The molecule has 0 aliphatic heterocycles. The molecule has 0 radical (unpaired) electrons. The average Bonchev–Trinajstić information content (AvgIpc) is 2.70. The van der Waals surface area contributed by atoms with Crippen molar-refractivity contribution in [3.63, 3.8) is 0 Å². The monoisotopic (exact) mass is 481 g/mol. The van der Waals surface area contributed by atoms with E-state index in [2.05, 4.69) is 15.3 Å². The number of carbonyl (C=O) groups is 1. The minimum absolute atomic E-state index is 0.0523. The standard InChI is InChI=1S/C20H21Cl2N5O3S/c1-20(2,3)18-24-15-13(17(29)27(5)19(30)26(15)4)16(25-18)31-9-12(28)23-14-10(21)7-6-8-11(14)22/h6-8H,9H2,1-5H3,(H,23,28). The quantitative estimate of drug-likeness (QED) is 0.452. The summed E-state index contributed by atoms with van der Waals surface area (Å²) in [6.45, 7) is 5.77. The van der Waals surface area contributed by atoms with E-state index in [1.807, 2.05) is 20.8 Å². The number of nitrogens with one attached hydrogen (secondary N) is 1. The molecule has 0 saturated carbocycles. The second kappa shape index (κ2) is 8.64. The van der Waals surface area contributed by atoms with Gasteiger partial charge in [0.1, 0.15) is 16.2 Å². The number of benzene rings is 1. The summed E-state index contributed by atoms with van der Waals surface area (Å²) < 4.78 is 2.30. The number of hydrogen-bond donors (Lipinski definition) is 1. The largest absolute Gasteiger partial charge is 0.332 e. The Morgan fingerprint density at radius 3 is 2.29 bits per heavy atom. The predicted octanol–water partition coefficient (Wildman–Crippen LogP) is 3.36. The average molecular weight is 482 g/mol. The summed E-state index contributed by atoms with van der Waals surface area (Å²) in [5.74, 6) is 0.0366. The molecule has 11 heteroatoms.